The van der Waals surface area contributed by atoms with Crippen LogP contribution in [0.1, 0.15) is 18.2 Å². The van der Waals surface area contributed by atoms with Gasteiger partial charge < -0.3 is 10.3 Å². The van der Waals surface area contributed by atoms with E-state index in [9.17, 15) is 0 Å². The van der Waals surface area contributed by atoms with Crippen molar-refractivity contribution in [3.63, 3.8) is 0 Å². The molecule has 0 aliphatic carbocycles. The Balaban J connectivity index is 0.00000108. The van der Waals surface area contributed by atoms with E-state index in [1.165, 1.54) is 0 Å². The number of rotatable bonds is 0. The highest BCUT2D eigenvalue weighted by Gasteiger charge is 2.24. The number of nitrogens with two attached hydrogens (primary N) is 1. The number of fused-ring (bicyclic) bond motifs is 3. The van der Waals surface area contributed by atoms with Gasteiger partial charge in [0.15, 0.2) is 0 Å². The Morgan fingerprint density at radius 3 is 2.76 bits per heavy atom. The summed E-state index contributed by atoms with van der Waals surface area (Å²) < 4.78 is 3.13. The Kier molecular flexibility index (Phi) is 3.68. The summed E-state index contributed by atoms with van der Waals surface area (Å²) in [7, 11) is 0. The number of aryl methyl sites for hydroxylation is 1. The maximum absolute atomic E-state index is 6.26. The SMILES string of the molecule is Cl.N[C@H]1CCn2c1cc1c(Br)cc(Cl)c(Cl)c12. The maximum Gasteiger partial charge on any atom is 0.0836 e. The number of nitrogens with zero attached hydrogens (tertiary/aromatic N) is 1. The van der Waals surface area contributed by atoms with Gasteiger partial charge in [0, 0.05) is 28.1 Å². The van der Waals surface area contributed by atoms with Crippen molar-refractivity contribution in [3.8, 4) is 0 Å². The zero-order chi connectivity index (χ0) is 11.4. The summed E-state index contributed by atoms with van der Waals surface area (Å²) in [6.45, 7) is 0.909. The largest absolute Gasteiger partial charge is 0.342 e. The van der Waals surface area contributed by atoms with E-state index in [1.807, 2.05) is 6.07 Å². The smallest absolute Gasteiger partial charge is 0.0836 e. The van der Waals surface area contributed by atoms with Crippen LogP contribution in [0.15, 0.2) is 16.6 Å². The third-order valence-electron chi connectivity index (χ3n) is 3.10. The van der Waals surface area contributed by atoms with Crippen LogP contribution in [0.3, 0.4) is 0 Å². The Bertz CT molecular complexity index is 594. The first-order valence-electron chi connectivity index (χ1n) is 5.02. The molecule has 2 heterocycles. The molecule has 1 aromatic carbocycles. The van der Waals surface area contributed by atoms with Crippen LogP contribution < -0.4 is 5.73 Å². The van der Waals surface area contributed by atoms with Crippen LogP contribution in [0.4, 0.5) is 0 Å². The molecule has 17 heavy (non-hydrogen) atoms. The zero-order valence-electron chi connectivity index (χ0n) is 8.71. The van der Waals surface area contributed by atoms with E-state index in [2.05, 4.69) is 26.6 Å². The molecule has 0 saturated carbocycles. The van der Waals surface area contributed by atoms with Gasteiger partial charge in [-0.3, -0.25) is 0 Å². The van der Waals surface area contributed by atoms with E-state index in [0.29, 0.717) is 10.0 Å². The monoisotopic (exact) mass is 354 g/mol. The molecule has 92 valence electrons. The summed E-state index contributed by atoms with van der Waals surface area (Å²) in [5.41, 5.74) is 8.16. The molecule has 1 atom stereocenters. The van der Waals surface area contributed by atoms with Gasteiger partial charge in [0.05, 0.1) is 15.6 Å². The molecule has 0 amide bonds. The third-order valence-corrected chi connectivity index (χ3v) is 4.53. The second-order valence-electron chi connectivity index (χ2n) is 4.03. The van der Waals surface area contributed by atoms with Crippen LogP contribution in [0.2, 0.25) is 10.0 Å². The van der Waals surface area contributed by atoms with Crippen molar-refractivity contribution in [1.82, 2.24) is 4.57 Å². The lowest BCUT2D eigenvalue weighted by molar-refractivity contribution is 0.691. The van der Waals surface area contributed by atoms with Crippen LogP contribution >= 0.6 is 51.5 Å². The van der Waals surface area contributed by atoms with Crippen LogP contribution in [0.5, 0.6) is 0 Å². The van der Waals surface area contributed by atoms with Crippen LogP contribution in [-0.4, -0.2) is 4.57 Å². The lowest BCUT2D eigenvalue weighted by atomic mass is 10.2. The van der Waals surface area contributed by atoms with E-state index in [1.54, 1.807) is 0 Å². The molecule has 0 fully saturated rings. The summed E-state index contributed by atoms with van der Waals surface area (Å²) in [6.07, 6.45) is 0.964. The number of benzene rings is 1. The first kappa shape index (κ1) is 13.5. The van der Waals surface area contributed by atoms with E-state index >= 15 is 0 Å². The van der Waals surface area contributed by atoms with Gasteiger partial charge in [0.25, 0.3) is 0 Å². The van der Waals surface area contributed by atoms with Gasteiger partial charge in [-0.15, -0.1) is 12.4 Å². The van der Waals surface area contributed by atoms with Crippen LogP contribution in [-0.2, 0) is 6.54 Å². The average molecular weight is 356 g/mol. The van der Waals surface area contributed by atoms with Gasteiger partial charge in [-0.05, 0) is 18.6 Å². The summed E-state index contributed by atoms with van der Waals surface area (Å²) >= 11 is 15.8. The average Bonchev–Trinajstić information content (AvgIpc) is 2.76. The van der Waals surface area contributed by atoms with E-state index in [4.69, 9.17) is 28.9 Å². The van der Waals surface area contributed by atoms with Crippen molar-refractivity contribution in [3.05, 3.63) is 32.3 Å². The fraction of sp³-hybridized carbons (Fsp3) is 0.273. The number of hydrogen-bond donors (Lipinski definition) is 1. The fourth-order valence-electron chi connectivity index (χ4n) is 2.32. The van der Waals surface area contributed by atoms with E-state index in [-0.39, 0.29) is 18.4 Å². The Morgan fingerprint density at radius 2 is 2.06 bits per heavy atom. The highest BCUT2D eigenvalue weighted by Crippen LogP contribution is 2.41. The van der Waals surface area contributed by atoms with Crippen LogP contribution in [0, 0.1) is 0 Å². The zero-order valence-corrected chi connectivity index (χ0v) is 12.6. The number of hydrogen-bond acceptors (Lipinski definition) is 1. The van der Waals surface area contributed by atoms with E-state index in [0.717, 1.165) is 34.0 Å². The summed E-state index contributed by atoms with van der Waals surface area (Å²) in [6, 6.07) is 4.03. The molecule has 2 N–H and O–H groups in total. The van der Waals surface area contributed by atoms with Crippen LogP contribution in [0.25, 0.3) is 10.9 Å². The standard InChI is InChI=1S/C11H9BrCl2N2.ClH/c12-6-4-7(13)10(14)11-5(6)3-9-8(15)1-2-16(9)11;/h3-4,8H,1-2,15H2;1H/t8-;/m0./s1. The van der Waals surface area contributed by atoms with Gasteiger partial charge in [0.2, 0.25) is 0 Å². The Morgan fingerprint density at radius 1 is 1.35 bits per heavy atom. The molecule has 0 bridgehead atoms. The third kappa shape index (κ3) is 1.89. The van der Waals surface area contributed by atoms with E-state index < -0.39 is 0 Å². The van der Waals surface area contributed by atoms with Crippen molar-refractivity contribution in [2.24, 2.45) is 5.73 Å². The van der Waals surface area contributed by atoms with Gasteiger partial charge in [-0.2, -0.15) is 0 Å². The van der Waals surface area contributed by atoms with Gasteiger partial charge >= 0.3 is 0 Å². The minimum atomic E-state index is 0. The first-order valence-corrected chi connectivity index (χ1v) is 6.56. The van der Waals surface area contributed by atoms with Gasteiger partial charge in [-0.1, -0.05) is 39.1 Å². The minimum Gasteiger partial charge on any atom is -0.342 e. The first-order chi connectivity index (χ1) is 7.59. The van der Waals surface area contributed by atoms with Gasteiger partial charge in [0.1, 0.15) is 0 Å². The molecule has 0 unspecified atom stereocenters. The predicted octanol–water partition coefficient (Wildman–Crippen LogP) is 4.54. The molecule has 0 radical (unpaired) electrons. The molecular formula is C11H10BrCl3N2. The van der Waals surface area contributed by atoms with Crippen molar-refractivity contribution in [2.75, 3.05) is 0 Å². The number of aromatic nitrogens is 1. The summed E-state index contributed by atoms with van der Waals surface area (Å²) in [4.78, 5) is 0. The molecule has 0 spiro atoms. The molecule has 1 aliphatic heterocycles. The van der Waals surface area contributed by atoms with Gasteiger partial charge in [-0.25, -0.2) is 0 Å². The molecular weight excluding hydrogens is 346 g/mol. The molecule has 0 saturated heterocycles. The molecule has 2 nitrogen and oxygen atoms in total. The van der Waals surface area contributed by atoms with Crippen molar-refractivity contribution in [1.29, 1.82) is 0 Å². The van der Waals surface area contributed by atoms with Crippen molar-refractivity contribution < 1.29 is 0 Å². The Hall–Kier alpha value is 0.0700. The minimum absolute atomic E-state index is 0. The maximum atomic E-state index is 6.26. The molecule has 2 aromatic rings. The lowest BCUT2D eigenvalue weighted by Gasteiger charge is -2.05. The summed E-state index contributed by atoms with van der Waals surface area (Å²) in [5.74, 6) is 0. The fourth-order valence-corrected chi connectivity index (χ4v) is 3.44. The van der Waals surface area contributed by atoms with Crippen molar-refractivity contribution >= 4 is 62.4 Å². The second-order valence-corrected chi connectivity index (χ2v) is 5.67. The molecule has 1 aliphatic rings. The predicted molar refractivity (Wildman–Crippen MR) is 78.5 cm³/mol. The quantitative estimate of drug-likeness (QED) is 0.691. The number of halogens is 4. The topological polar surface area (TPSA) is 30.9 Å². The Labute approximate surface area is 124 Å². The summed E-state index contributed by atoms with van der Waals surface area (Å²) in [5, 5.41) is 2.27. The molecule has 6 heteroatoms. The molecule has 3 rings (SSSR count). The normalized spacial score (nSPS) is 18.2. The highest BCUT2D eigenvalue weighted by atomic mass is 79.9. The highest BCUT2D eigenvalue weighted by molar-refractivity contribution is 9.10. The van der Waals surface area contributed by atoms with Crippen molar-refractivity contribution in [2.45, 2.75) is 19.0 Å². The second kappa shape index (κ2) is 4.63. The molecule has 1 aromatic heterocycles. The lowest BCUT2D eigenvalue weighted by Crippen LogP contribution is -2.04.